The highest BCUT2D eigenvalue weighted by molar-refractivity contribution is 5.70. The summed E-state index contributed by atoms with van der Waals surface area (Å²) in [7, 11) is 0. The first kappa shape index (κ1) is 12.3. The SMILES string of the molecule is Nc1ncc2ncn([C@@H]3CO[C@H](CO)[C@@H](O)C3)c2n1. The fourth-order valence-corrected chi connectivity index (χ4v) is 2.32. The lowest BCUT2D eigenvalue weighted by molar-refractivity contribution is -0.112. The number of aromatic nitrogens is 4. The smallest absolute Gasteiger partial charge is 0.222 e. The van der Waals surface area contributed by atoms with E-state index in [1.54, 1.807) is 12.5 Å². The number of ether oxygens (including phenoxy) is 1. The number of fused-ring (bicyclic) bond motifs is 1. The first-order valence-corrected chi connectivity index (χ1v) is 6.04. The van der Waals surface area contributed by atoms with Gasteiger partial charge in [0.2, 0.25) is 5.95 Å². The fourth-order valence-electron chi connectivity index (χ4n) is 2.32. The van der Waals surface area contributed by atoms with Crippen LogP contribution in [-0.4, -0.2) is 55.2 Å². The van der Waals surface area contributed by atoms with Crippen molar-refractivity contribution in [3.8, 4) is 0 Å². The van der Waals surface area contributed by atoms with Crippen LogP contribution in [0.5, 0.6) is 0 Å². The molecule has 3 atom stereocenters. The summed E-state index contributed by atoms with van der Waals surface area (Å²) in [5.41, 5.74) is 6.84. The first-order chi connectivity index (χ1) is 9.19. The van der Waals surface area contributed by atoms with Crippen molar-refractivity contribution in [2.45, 2.75) is 24.7 Å². The van der Waals surface area contributed by atoms with Gasteiger partial charge in [0.1, 0.15) is 11.6 Å². The molecule has 1 saturated heterocycles. The number of anilines is 1. The second-order valence-corrected chi connectivity index (χ2v) is 4.60. The number of imidazole rings is 1. The van der Waals surface area contributed by atoms with E-state index < -0.39 is 12.2 Å². The highest BCUT2D eigenvalue weighted by Crippen LogP contribution is 2.26. The van der Waals surface area contributed by atoms with Crippen molar-refractivity contribution >= 4 is 17.1 Å². The Labute approximate surface area is 108 Å². The largest absolute Gasteiger partial charge is 0.394 e. The molecule has 8 heteroatoms. The van der Waals surface area contributed by atoms with Crippen molar-refractivity contribution in [3.05, 3.63) is 12.5 Å². The van der Waals surface area contributed by atoms with Crippen LogP contribution >= 0.6 is 0 Å². The third kappa shape index (κ3) is 2.14. The number of aliphatic hydroxyl groups excluding tert-OH is 2. The van der Waals surface area contributed by atoms with Gasteiger partial charge in [-0.25, -0.2) is 9.97 Å². The number of nitrogens with zero attached hydrogens (tertiary/aromatic N) is 4. The van der Waals surface area contributed by atoms with E-state index in [2.05, 4.69) is 15.0 Å². The van der Waals surface area contributed by atoms with E-state index in [4.69, 9.17) is 15.6 Å². The molecule has 3 rings (SSSR count). The molecular formula is C11H15N5O3. The average molecular weight is 265 g/mol. The Morgan fingerprint density at radius 2 is 2.32 bits per heavy atom. The Balaban J connectivity index is 1.91. The van der Waals surface area contributed by atoms with E-state index in [1.807, 2.05) is 4.57 Å². The maximum Gasteiger partial charge on any atom is 0.222 e. The van der Waals surface area contributed by atoms with E-state index in [0.717, 1.165) is 0 Å². The number of rotatable bonds is 2. The molecule has 1 aliphatic rings. The summed E-state index contributed by atoms with van der Waals surface area (Å²) in [6.45, 7) is 0.200. The molecule has 3 heterocycles. The molecular weight excluding hydrogens is 250 g/mol. The van der Waals surface area contributed by atoms with Gasteiger partial charge in [0.15, 0.2) is 5.65 Å². The molecule has 0 saturated carbocycles. The lowest BCUT2D eigenvalue weighted by atomic mass is 10.0. The number of aliphatic hydroxyl groups is 2. The molecule has 1 aliphatic heterocycles. The van der Waals surface area contributed by atoms with Crippen LogP contribution in [0.25, 0.3) is 11.2 Å². The highest BCUT2D eigenvalue weighted by atomic mass is 16.5. The summed E-state index contributed by atoms with van der Waals surface area (Å²) in [5.74, 6) is 0.180. The van der Waals surface area contributed by atoms with Crippen LogP contribution in [-0.2, 0) is 4.74 Å². The predicted octanol–water partition coefficient (Wildman–Crippen LogP) is -0.908. The maximum atomic E-state index is 9.89. The van der Waals surface area contributed by atoms with E-state index >= 15 is 0 Å². The van der Waals surface area contributed by atoms with Crippen LogP contribution in [0.3, 0.4) is 0 Å². The van der Waals surface area contributed by atoms with Crippen LogP contribution in [0.1, 0.15) is 12.5 Å². The molecule has 2 aromatic heterocycles. The number of hydrogen-bond donors (Lipinski definition) is 3. The zero-order chi connectivity index (χ0) is 13.4. The number of nitrogens with two attached hydrogens (primary N) is 1. The summed E-state index contributed by atoms with van der Waals surface area (Å²) in [6, 6.07) is -0.0860. The molecule has 4 N–H and O–H groups in total. The van der Waals surface area contributed by atoms with Crippen molar-refractivity contribution in [1.82, 2.24) is 19.5 Å². The van der Waals surface area contributed by atoms with Gasteiger partial charge in [0, 0.05) is 0 Å². The predicted molar refractivity (Wildman–Crippen MR) is 66.2 cm³/mol. The average Bonchev–Trinajstić information content (AvgIpc) is 2.81. The molecule has 0 aliphatic carbocycles. The summed E-state index contributed by atoms with van der Waals surface area (Å²) in [5, 5.41) is 18.9. The fraction of sp³-hybridized carbons (Fsp3) is 0.545. The van der Waals surface area contributed by atoms with Crippen molar-refractivity contribution in [3.63, 3.8) is 0 Å². The molecule has 0 unspecified atom stereocenters. The molecule has 0 spiro atoms. The van der Waals surface area contributed by atoms with Crippen molar-refractivity contribution < 1.29 is 14.9 Å². The van der Waals surface area contributed by atoms with Crippen LogP contribution in [0.2, 0.25) is 0 Å². The van der Waals surface area contributed by atoms with Crippen LogP contribution < -0.4 is 5.73 Å². The lowest BCUT2D eigenvalue weighted by Crippen LogP contribution is -2.41. The van der Waals surface area contributed by atoms with E-state index in [-0.39, 0.29) is 18.6 Å². The molecule has 1 fully saturated rings. The molecule has 19 heavy (non-hydrogen) atoms. The number of nitrogen functional groups attached to an aromatic ring is 1. The third-order valence-corrected chi connectivity index (χ3v) is 3.35. The Bertz CT molecular complexity index is 587. The quantitative estimate of drug-likeness (QED) is 0.643. The van der Waals surface area contributed by atoms with Gasteiger partial charge in [-0.15, -0.1) is 0 Å². The van der Waals surface area contributed by atoms with Crippen LogP contribution in [0, 0.1) is 0 Å². The third-order valence-electron chi connectivity index (χ3n) is 3.35. The Morgan fingerprint density at radius 1 is 1.47 bits per heavy atom. The van der Waals surface area contributed by atoms with Crippen molar-refractivity contribution in [1.29, 1.82) is 0 Å². The maximum absolute atomic E-state index is 9.89. The summed E-state index contributed by atoms with van der Waals surface area (Å²) in [4.78, 5) is 12.2. The minimum atomic E-state index is -0.708. The second-order valence-electron chi connectivity index (χ2n) is 4.60. The topological polar surface area (TPSA) is 119 Å². The van der Waals surface area contributed by atoms with E-state index in [0.29, 0.717) is 24.2 Å². The summed E-state index contributed by atoms with van der Waals surface area (Å²) in [6.07, 6.45) is 2.44. The standard InChI is InChI=1S/C11H15N5O3/c12-11-13-2-7-10(15-11)16(5-14-7)6-1-8(18)9(3-17)19-4-6/h2,5-6,8-9,17-18H,1,3-4H2,(H2,12,13,15)/t6-,8-,9+/m0/s1. The van der Waals surface area contributed by atoms with Gasteiger partial charge in [-0.1, -0.05) is 0 Å². The Morgan fingerprint density at radius 3 is 3.05 bits per heavy atom. The van der Waals surface area contributed by atoms with Gasteiger partial charge >= 0.3 is 0 Å². The molecule has 0 aromatic carbocycles. The van der Waals surface area contributed by atoms with E-state index in [1.165, 1.54) is 0 Å². The molecule has 102 valence electrons. The van der Waals surface area contributed by atoms with Gasteiger partial charge in [-0.2, -0.15) is 4.98 Å². The minimum absolute atomic E-state index is 0.0860. The minimum Gasteiger partial charge on any atom is -0.394 e. The van der Waals surface area contributed by atoms with Crippen LogP contribution in [0.15, 0.2) is 12.5 Å². The Hall–Kier alpha value is -1.77. The van der Waals surface area contributed by atoms with Crippen molar-refractivity contribution in [2.24, 2.45) is 0 Å². The highest BCUT2D eigenvalue weighted by Gasteiger charge is 2.31. The van der Waals surface area contributed by atoms with E-state index in [9.17, 15) is 5.11 Å². The van der Waals surface area contributed by atoms with Gasteiger partial charge in [0.05, 0.1) is 37.9 Å². The lowest BCUT2D eigenvalue weighted by Gasteiger charge is -2.32. The van der Waals surface area contributed by atoms with Gasteiger partial charge < -0.3 is 25.3 Å². The zero-order valence-electron chi connectivity index (χ0n) is 10.2. The Kier molecular flexibility index (Phi) is 3.05. The molecule has 0 bridgehead atoms. The molecule has 2 aromatic rings. The molecule has 0 amide bonds. The summed E-state index contributed by atoms with van der Waals surface area (Å²) >= 11 is 0. The van der Waals surface area contributed by atoms with Crippen LogP contribution in [0.4, 0.5) is 5.95 Å². The molecule has 8 nitrogen and oxygen atoms in total. The zero-order valence-corrected chi connectivity index (χ0v) is 10.2. The second kappa shape index (κ2) is 4.72. The summed E-state index contributed by atoms with van der Waals surface area (Å²) < 4.78 is 7.26. The number of hydrogen-bond acceptors (Lipinski definition) is 7. The van der Waals surface area contributed by atoms with Gasteiger partial charge in [-0.05, 0) is 6.42 Å². The van der Waals surface area contributed by atoms with Gasteiger partial charge in [0.25, 0.3) is 0 Å². The van der Waals surface area contributed by atoms with Gasteiger partial charge in [-0.3, -0.25) is 0 Å². The first-order valence-electron chi connectivity index (χ1n) is 6.04. The normalized spacial score (nSPS) is 27.8. The van der Waals surface area contributed by atoms with Crippen molar-refractivity contribution in [2.75, 3.05) is 18.9 Å². The molecule has 0 radical (unpaired) electrons. The monoisotopic (exact) mass is 265 g/mol.